The van der Waals surface area contributed by atoms with Crippen molar-refractivity contribution in [1.82, 2.24) is 0 Å². The summed E-state index contributed by atoms with van der Waals surface area (Å²) in [6, 6.07) is 0. The zero-order valence-corrected chi connectivity index (χ0v) is 14.5. The lowest BCUT2D eigenvalue weighted by Crippen LogP contribution is -2.74. The highest BCUT2D eigenvalue weighted by molar-refractivity contribution is 5.55. The fourth-order valence-electron chi connectivity index (χ4n) is 8.24. The maximum atomic E-state index is 11.6. The Labute approximate surface area is 139 Å². The number of hydrogen-bond acceptors (Lipinski definition) is 3. The van der Waals surface area contributed by atoms with Crippen molar-refractivity contribution < 1.29 is 14.6 Å². The number of fused-ring (bicyclic) bond motifs is 2. The van der Waals surface area contributed by atoms with E-state index in [1.165, 1.54) is 38.4 Å². The summed E-state index contributed by atoms with van der Waals surface area (Å²) >= 11 is 0. The Hall–Kier alpha value is -0.410. The highest BCUT2D eigenvalue weighted by atomic mass is 16.6. The van der Waals surface area contributed by atoms with Crippen LogP contribution in [0.15, 0.2) is 0 Å². The van der Waals surface area contributed by atoms with Crippen LogP contribution in [-0.4, -0.2) is 23.8 Å². The lowest BCUT2D eigenvalue weighted by Gasteiger charge is -2.72. The van der Waals surface area contributed by atoms with Crippen LogP contribution < -0.4 is 0 Å². The number of ether oxygens (including phenoxy) is 1. The molecule has 0 aromatic heterocycles. The zero-order valence-electron chi connectivity index (χ0n) is 14.5. The number of hydrogen-bond donors (Lipinski definition) is 1. The van der Waals surface area contributed by atoms with E-state index in [-0.39, 0.29) is 16.7 Å². The fourth-order valence-corrected chi connectivity index (χ4v) is 8.24. The molecule has 3 nitrogen and oxygen atoms in total. The van der Waals surface area contributed by atoms with Crippen molar-refractivity contribution in [2.24, 2.45) is 39.9 Å². The van der Waals surface area contributed by atoms with Crippen LogP contribution in [0.3, 0.4) is 0 Å². The van der Waals surface area contributed by atoms with Crippen LogP contribution in [0.1, 0.15) is 65.2 Å². The van der Waals surface area contributed by atoms with Gasteiger partial charge < -0.3 is 14.6 Å². The summed E-state index contributed by atoms with van der Waals surface area (Å²) in [6.45, 7) is 5.56. The van der Waals surface area contributed by atoms with E-state index in [4.69, 9.17) is 4.74 Å². The topological polar surface area (TPSA) is 46.5 Å². The van der Waals surface area contributed by atoms with Gasteiger partial charge in [-0.2, -0.15) is 0 Å². The van der Waals surface area contributed by atoms with Gasteiger partial charge in [0.1, 0.15) is 6.29 Å². The Bertz CT molecular complexity index is 557. The molecule has 0 aromatic rings. The van der Waals surface area contributed by atoms with Gasteiger partial charge in [-0.3, -0.25) is 0 Å². The average Bonchev–Trinajstić information content (AvgIpc) is 2.80. The van der Waals surface area contributed by atoms with Crippen molar-refractivity contribution in [2.75, 3.05) is 6.61 Å². The predicted molar refractivity (Wildman–Crippen MR) is 86.5 cm³/mol. The van der Waals surface area contributed by atoms with Gasteiger partial charge in [0.05, 0.1) is 6.61 Å². The maximum absolute atomic E-state index is 11.6. The molecule has 6 aliphatic rings. The van der Waals surface area contributed by atoms with Crippen LogP contribution in [0.25, 0.3) is 0 Å². The van der Waals surface area contributed by atoms with Crippen molar-refractivity contribution in [3.63, 3.8) is 0 Å². The highest BCUT2D eigenvalue weighted by Gasteiger charge is 2.76. The molecule has 7 atom stereocenters. The third-order valence-corrected chi connectivity index (χ3v) is 9.13. The largest absolute Gasteiger partial charge is 0.365 e. The van der Waals surface area contributed by atoms with Crippen molar-refractivity contribution in [3.05, 3.63) is 0 Å². The number of carbonyl (C=O) groups excluding carboxylic acids is 1. The molecule has 6 fully saturated rings. The molecule has 0 unspecified atom stereocenters. The molecule has 0 amide bonds. The number of rotatable bonds is 1. The SMILES string of the molecule is CC1(C)CCC[C@]23CO[C@](O)(C[C@H]12)[C@@]12C[C@@H](CC[C@@H]31)[C@@H](C=O)C2. The van der Waals surface area contributed by atoms with Crippen LogP contribution in [0, 0.1) is 39.9 Å². The zero-order chi connectivity index (χ0) is 16.1. The van der Waals surface area contributed by atoms with E-state index in [2.05, 4.69) is 13.8 Å². The predicted octanol–water partition coefficient (Wildman–Crippen LogP) is 3.54. The monoisotopic (exact) mass is 318 g/mol. The number of carbonyl (C=O) groups is 1. The van der Waals surface area contributed by atoms with E-state index >= 15 is 0 Å². The van der Waals surface area contributed by atoms with Gasteiger partial charge in [-0.25, -0.2) is 0 Å². The van der Waals surface area contributed by atoms with Crippen molar-refractivity contribution in [1.29, 1.82) is 0 Å². The Balaban J connectivity index is 1.65. The Morgan fingerprint density at radius 3 is 2.70 bits per heavy atom. The lowest BCUT2D eigenvalue weighted by atomic mass is 9.38. The maximum Gasteiger partial charge on any atom is 0.171 e. The van der Waals surface area contributed by atoms with Gasteiger partial charge in [0.15, 0.2) is 5.79 Å². The van der Waals surface area contributed by atoms with Gasteiger partial charge in [-0.1, -0.05) is 20.3 Å². The van der Waals surface area contributed by atoms with Gasteiger partial charge in [0.25, 0.3) is 0 Å². The second kappa shape index (κ2) is 4.22. The summed E-state index contributed by atoms with van der Waals surface area (Å²) in [5.74, 6) is 0.800. The lowest BCUT2D eigenvalue weighted by molar-refractivity contribution is -0.413. The summed E-state index contributed by atoms with van der Waals surface area (Å²) in [6.07, 6.45) is 10.1. The molecule has 3 heteroatoms. The molecule has 23 heavy (non-hydrogen) atoms. The molecular weight excluding hydrogens is 288 g/mol. The van der Waals surface area contributed by atoms with Gasteiger partial charge >= 0.3 is 0 Å². The molecule has 2 saturated heterocycles. The third kappa shape index (κ3) is 1.53. The van der Waals surface area contributed by atoms with E-state index in [9.17, 15) is 9.90 Å². The smallest absolute Gasteiger partial charge is 0.171 e. The van der Waals surface area contributed by atoms with Crippen LogP contribution in [0.2, 0.25) is 0 Å². The summed E-state index contributed by atoms with van der Waals surface area (Å²) in [4.78, 5) is 11.6. The highest BCUT2D eigenvalue weighted by Crippen LogP contribution is 2.77. The number of aldehydes is 1. The van der Waals surface area contributed by atoms with Gasteiger partial charge in [0, 0.05) is 23.2 Å². The Morgan fingerprint density at radius 2 is 1.91 bits per heavy atom. The van der Waals surface area contributed by atoms with E-state index < -0.39 is 5.79 Å². The molecule has 1 N–H and O–H groups in total. The quantitative estimate of drug-likeness (QED) is 0.752. The summed E-state index contributed by atoms with van der Waals surface area (Å²) in [7, 11) is 0. The summed E-state index contributed by atoms with van der Waals surface area (Å²) < 4.78 is 6.24. The van der Waals surface area contributed by atoms with E-state index in [1.807, 2.05) is 0 Å². The first-order valence-electron chi connectivity index (χ1n) is 9.69. The van der Waals surface area contributed by atoms with E-state index in [0.717, 1.165) is 25.9 Å². The molecule has 2 aliphatic heterocycles. The van der Waals surface area contributed by atoms with E-state index in [1.54, 1.807) is 0 Å². The molecule has 6 rings (SSSR count). The molecule has 0 radical (unpaired) electrons. The summed E-state index contributed by atoms with van der Waals surface area (Å²) in [5.41, 5.74) is 0.426. The minimum atomic E-state index is -0.977. The molecule has 0 aromatic carbocycles. The molecule has 2 spiro atoms. The third-order valence-electron chi connectivity index (χ3n) is 9.13. The molecule has 4 aliphatic carbocycles. The van der Waals surface area contributed by atoms with Gasteiger partial charge in [0.2, 0.25) is 0 Å². The Kier molecular flexibility index (Phi) is 2.73. The van der Waals surface area contributed by atoms with Crippen LogP contribution in [0.4, 0.5) is 0 Å². The normalized spacial score (nSPS) is 59.3. The van der Waals surface area contributed by atoms with Crippen molar-refractivity contribution in [3.8, 4) is 0 Å². The first-order chi connectivity index (χ1) is 10.9. The minimum Gasteiger partial charge on any atom is -0.365 e. The van der Waals surface area contributed by atoms with E-state index in [0.29, 0.717) is 23.2 Å². The second-order valence-electron chi connectivity index (χ2n) is 10.2. The van der Waals surface area contributed by atoms with Crippen molar-refractivity contribution in [2.45, 2.75) is 71.0 Å². The first kappa shape index (κ1) is 14.9. The summed E-state index contributed by atoms with van der Waals surface area (Å²) in [5, 5.41) is 11.6. The first-order valence-corrected chi connectivity index (χ1v) is 9.69. The molecule has 2 heterocycles. The number of aliphatic hydroxyl groups is 1. The fraction of sp³-hybridized carbons (Fsp3) is 0.950. The molecule has 4 bridgehead atoms. The molecular formula is C20H30O3. The van der Waals surface area contributed by atoms with Crippen LogP contribution >= 0.6 is 0 Å². The van der Waals surface area contributed by atoms with Gasteiger partial charge in [-0.05, 0) is 61.7 Å². The van der Waals surface area contributed by atoms with Crippen LogP contribution in [0.5, 0.6) is 0 Å². The second-order valence-corrected chi connectivity index (χ2v) is 10.2. The Morgan fingerprint density at radius 1 is 1.09 bits per heavy atom. The van der Waals surface area contributed by atoms with Crippen LogP contribution in [-0.2, 0) is 9.53 Å². The van der Waals surface area contributed by atoms with Gasteiger partial charge in [-0.15, -0.1) is 0 Å². The molecule has 4 saturated carbocycles. The van der Waals surface area contributed by atoms with Crippen molar-refractivity contribution >= 4 is 6.29 Å². The minimum absolute atomic E-state index is 0.135. The average molecular weight is 318 g/mol. The molecule has 128 valence electrons. The standard InChI is InChI=1S/C20H30O3/c1-17(2)6-3-7-18-12-23-20(22,10-16(17)18)19-8-13(4-5-15(18)19)14(9-19)11-21/h11,13-16,22H,3-10,12H2,1-2H3/t13-,14-,15+,16-,18-,19-,20-/m1/s1.